The summed E-state index contributed by atoms with van der Waals surface area (Å²) in [6.45, 7) is 4.53. The fourth-order valence-corrected chi connectivity index (χ4v) is 6.35. The number of amidine groups is 1. The summed E-state index contributed by atoms with van der Waals surface area (Å²) in [5.74, 6) is 1.08. The van der Waals surface area contributed by atoms with Gasteiger partial charge in [-0.05, 0) is 42.6 Å². The second kappa shape index (κ2) is 11.2. The van der Waals surface area contributed by atoms with Gasteiger partial charge in [-0.15, -0.1) is 0 Å². The first kappa shape index (κ1) is 26.5. The fourth-order valence-electron chi connectivity index (χ4n) is 6.35. The number of nitrogens with zero attached hydrogens (tertiary/aromatic N) is 5. The van der Waals surface area contributed by atoms with Crippen molar-refractivity contribution in [3.05, 3.63) is 163 Å². The van der Waals surface area contributed by atoms with Crippen molar-refractivity contribution in [3.8, 4) is 5.69 Å². The van der Waals surface area contributed by atoms with Crippen LogP contribution in [0.1, 0.15) is 11.1 Å². The zero-order chi connectivity index (χ0) is 30.2. The summed E-state index contributed by atoms with van der Waals surface area (Å²) in [6, 6.07) is 52.3. The van der Waals surface area contributed by atoms with Gasteiger partial charge in [0.05, 0.1) is 28.6 Å². The Bertz CT molecular complexity index is 2400. The smallest absolute Gasteiger partial charge is 0.236 e. The molecule has 0 N–H and O–H groups in total. The first-order valence-electron chi connectivity index (χ1n) is 15.0. The molecule has 8 rings (SSSR count). The predicted molar refractivity (Wildman–Crippen MR) is 189 cm³/mol. The highest BCUT2D eigenvalue weighted by molar-refractivity contribution is 6.28. The molecule has 2 aromatic heterocycles. The maximum absolute atomic E-state index is 5.17. The summed E-state index contributed by atoms with van der Waals surface area (Å²) in [6.07, 6.45) is 0. The van der Waals surface area contributed by atoms with Crippen LogP contribution in [-0.4, -0.2) is 27.6 Å². The average Bonchev–Trinajstić information content (AvgIpc) is 3.63. The van der Waals surface area contributed by atoms with E-state index in [0.717, 1.165) is 60.4 Å². The van der Waals surface area contributed by atoms with Gasteiger partial charge in [-0.1, -0.05) is 121 Å². The van der Waals surface area contributed by atoms with Crippen LogP contribution in [0.5, 0.6) is 0 Å². The van der Waals surface area contributed by atoms with Crippen molar-refractivity contribution in [1.82, 2.24) is 9.13 Å². The Kier molecular flexibility index (Phi) is 6.61. The van der Waals surface area contributed by atoms with Gasteiger partial charge < -0.3 is 4.57 Å². The van der Waals surface area contributed by atoms with Crippen LogP contribution >= 0.6 is 0 Å². The molecule has 2 heterocycles. The summed E-state index contributed by atoms with van der Waals surface area (Å²) < 4.78 is 4.49. The van der Waals surface area contributed by atoms with E-state index in [1.165, 1.54) is 0 Å². The van der Waals surface area contributed by atoms with Crippen LogP contribution in [0.2, 0.25) is 0 Å². The van der Waals surface area contributed by atoms with Gasteiger partial charge >= 0.3 is 0 Å². The third-order valence-electron chi connectivity index (χ3n) is 8.32. The normalized spacial score (nSPS) is 12.4. The van der Waals surface area contributed by atoms with Gasteiger partial charge in [0.25, 0.3) is 0 Å². The largest absolute Gasteiger partial charge is 0.309 e. The van der Waals surface area contributed by atoms with E-state index in [2.05, 4.69) is 124 Å². The zero-order valence-electron chi connectivity index (χ0n) is 24.6. The van der Waals surface area contributed by atoms with E-state index in [0.29, 0.717) is 18.3 Å². The van der Waals surface area contributed by atoms with Crippen LogP contribution < -0.4 is 0 Å². The number of aliphatic imine (C=N–C) groups is 3. The van der Waals surface area contributed by atoms with E-state index < -0.39 is 0 Å². The van der Waals surface area contributed by atoms with E-state index in [4.69, 9.17) is 9.98 Å². The highest BCUT2D eigenvalue weighted by atomic mass is 15.2. The van der Waals surface area contributed by atoms with Gasteiger partial charge in [-0.3, -0.25) is 9.56 Å². The van der Waals surface area contributed by atoms with Gasteiger partial charge in [0, 0.05) is 32.8 Å². The summed E-state index contributed by atoms with van der Waals surface area (Å²) in [4.78, 5) is 14.7. The van der Waals surface area contributed by atoms with Crippen LogP contribution in [0.15, 0.2) is 167 Å². The summed E-state index contributed by atoms with van der Waals surface area (Å²) >= 11 is 0. The summed E-state index contributed by atoms with van der Waals surface area (Å²) in [5, 5.41) is 4.56. The molecule has 6 aromatic carbocycles. The molecule has 0 fully saturated rings. The Balaban J connectivity index is 1.45. The first-order chi connectivity index (χ1) is 22.3. The molecule has 0 unspecified atom stereocenters. The van der Waals surface area contributed by atoms with Gasteiger partial charge in [0.15, 0.2) is 5.84 Å². The molecule has 0 radical (unpaired) electrons. The van der Waals surface area contributed by atoms with E-state index >= 15 is 0 Å². The van der Waals surface area contributed by atoms with Gasteiger partial charge in [0.1, 0.15) is 0 Å². The van der Waals surface area contributed by atoms with Crippen molar-refractivity contribution < 1.29 is 0 Å². The topological polar surface area (TPSA) is 46.9 Å². The number of para-hydroxylation sites is 3. The monoisotopic (exact) mass is 579 g/mol. The van der Waals surface area contributed by atoms with Crippen molar-refractivity contribution in [3.63, 3.8) is 0 Å². The molecule has 0 atom stereocenters. The standard InChI is InChI=1S/C40H29N5/c1-41-40(43-39(29-17-7-3-8-18-29)42-27-28-15-5-2-6-16-28)45-34-23-13-11-21-31(34)32-25-26-36-37(38(32)45)33-22-12-14-24-35(33)44(36)30-19-9-4-10-20-30/h2-26H,1,27H2/b42-39-,43-40+. The number of benzene rings is 6. The average molecular weight is 580 g/mol. The molecule has 0 amide bonds. The van der Waals surface area contributed by atoms with E-state index in [-0.39, 0.29) is 0 Å². The van der Waals surface area contributed by atoms with Crippen molar-refractivity contribution in [1.29, 1.82) is 0 Å². The molecule has 214 valence electrons. The Hall–Kier alpha value is -6.07. The van der Waals surface area contributed by atoms with Crippen molar-refractivity contribution in [2.45, 2.75) is 6.54 Å². The predicted octanol–water partition coefficient (Wildman–Crippen LogP) is 9.44. The molecule has 8 aromatic rings. The maximum atomic E-state index is 5.17. The number of hydrogen-bond donors (Lipinski definition) is 0. The van der Waals surface area contributed by atoms with Crippen molar-refractivity contribution in [2.75, 3.05) is 0 Å². The van der Waals surface area contributed by atoms with Gasteiger partial charge in [-0.25, -0.2) is 4.99 Å². The minimum atomic E-state index is 0.473. The maximum Gasteiger partial charge on any atom is 0.236 e. The molecular formula is C40H29N5. The molecule has 45 heavy (non-hydrogen) atoms. The first-order valence-corrected chi connectivity index (χ1v) is 15.0. The Morgan fingerprint density at radius 1 is 0.556 bits per heavy atom. The van der Waals surface area contributed by atoms with Crippen LogP contribution in [0, 0.1) is 0 Å². The lowest BCUT2D eigenvalue weighted by molar-refractivity contribution is 1.06. The lowest BCUT2D eigenvalue weighted by Crippen LogP contribution is -2.13. The number of fused-ring (bicyclic) bond motifs is 7. The fraction of sp³-hybridized carbons (Fsp3) is 0.0250. The Labute approximate surface area is 260 Å². The minimum absolute atomic E-state index is 0.473. The van der Waals surface area contributed by atoms with Crippen LogP contribution in [0.4, 0.5) is 0 Å². The zero-order valence-corrected chi connectivity index (χ0v) is 24.6. The molecule has 0 saturated carbocycles. The SMILES string of the molecule is C=N/C(=N\C(=N/Cc1ccccc1)c1ccccc1)n1c2ccccc2c2ccc3c(c4ccccc4n3-c3ccccc3)c21. The third-order valence-corrected chi connectivity index (χ3v) is 8.32. The third kappa shape index (κ3) is 4.53. The summed E-state index contributed by atoms with van der Waals surface area (Å²) in [5.41, 5.74) is 7.45. The van der Waals surface area contributed by atoms with Crippen LogP contribution in [0.3, 0.4) is 0 Å². The number of rotatable bonds is 4. The Morgan fingerprint density at radius 2 is 1.18 bits per heavy atom. The molecule has 0 aliphatic heterocycles. The highest BCUT2D eigenvalue weighted by Crippen LogP contribution is 2.40. The van der Waals surface area contributed by atoms with E-state index in [1.807, 2.05) is 48.5 Å². The van der Waals surface area contributed by atoms with Gasteiger partial charge in [0.2, 0.25) is 5.96 Å². The molecule has 0 aliphatic rings. The molecule has 5 nitrogen and oxygen atoms in total. The molecule has 0 bridgehead atoms. The van der Waals surface area contributed by atoms with Crippen LogP contribution in [0.25, 0.3) is 49.3 Å². The second-order valence-corrected chi connectivity index (χ2v) is 11.0. The summed E-state index contributed by atoms with van der Waals surface area (Å²) in [7, 11) is 0. The van der Waals surface area contributed by atoms with Crippen molar-refractivity contribution in [2.24, 2.45) is 15.0 Å². The highest BCUT2D eigenvalue weighted by Gasteiger charge is 2.22. The lowest BCUT2D eigenvalue weighted by Gasteiger charge is -2.10. The van der Waals surface area contributed by atoms with Crippen LogP contribution in [-0.2, 0) is 6.54 Å². The van der Waals surface area contributed by atoms with E-state index in [1.54, 1.807) is 0 Å². The molecule has 0 spiro atoms. The second-order valence-electron chi connectivity index (χ2n) is 11.0. The molecule has 5 heteroatoms. The van der Waals surface area contributed by atoms with E-state index in [9.17, 15) is 0 Å². The quantitative estimate of drug-likeness (QED) is 0.147. The number of aromatic nitrogens is 2. The molecule has 0 aliphatic carbocycles. The Morgan fingerprint density at radius 3 is 1.91 bits per heavy atom. The molecule has 0 saturated heterocycles. The minimum Gasteiger partial charge on any atom is -0.309 e. The van der Waals surface area contributed by atoms with Gasteiger partial charge in [-0.2, -0.15) is 4.99 Å². The molecular weight excluding hydrogens is 550 g/mol. The van der Waals surface area contributed by atoms with Crippen molar-refractivity contribution >= 4 is 62.1 Å². The lowest BCUT2D eigenvalue weighted by atomic mass is 10.1. The number of hydrogen-bond acceptors (Lipinski definition) is 1.